The van der Waals surface area contributed by atoms with Gasteiger partial charge in [-0.1, -0.05) is 36.4 Å². The summed E-state index contributed by atoms with van der Waals surface area (Å²) in [4.78, 5) is 11.6. The lowest BCUT2D eigenvalue weighted by Crippen LogP contribution is -2.28. The molecule has 2 aromatic carbocycles. The summed E-state index contributed by atoms with van der Waals surface area (Å²) in [7, 11) is 0. The summed E-state index contributed by atoms with van der Waals surface area (Å²) in [6.07, 6.45) is 2.50. The van der Waals surface area contributed by atoms with Crippen LogP contribution < -0.4 is 15.8 Å². The summed E-state index contributed by atoms with van der Waals surface area (Å²) in [6, 6.07) is 15.2. The number of nitrogen functional groups attached to an aromatic ring is 1. The van der Waals surface area contributed by atoms with Crippen LogP contribution in [0.4, 0.5) is 5.69 Å². The number of amides is 1. The quantitative estimate of drug-likeness (QED) is 0.539. The van der Waals surface area contributed by atoms with E-state index in [0.29, 0.717) is 18.0 Å². The first kappa shape index (κ1) is 17.6. The van der Waals surface area contributed by atoms with Crippen LogP contribution in [0.1, 0.15) is 18.1 Å². The van der Waals surface area contributed by atoms with Crippen LogP contribution in [0.2, 0.25) is 0 Å². The first-order valence-electron chi connectivity index (χ1n) is 7.75. The maximum atomic E-state index is 11.6. The van der Waals surface area contributed by atoms with Crippen molar-refractivity contribution in [1.29, 1.82) is 0 Å². The molecule has 0 bridgehead atoms. The number of ether oxygens (including phenoxy) is 1. The summed E-state index contributed by atoms with van der Waals surface area (Å²) in [5.74, 6) is 0.341. The number of nitrogens with two attached hydrogens (primary N) is 1. The maximum Gasteiger partial charge on any atom is 0.244 e. The van der Waals surface area contributed by atoms with Crippen molar-refractivity contribution in [2.24, 2.45) is 0 Å². The lowest BCUT2D eigenvalue weighted by Gasteiger charge is -2.09. The number of carbonyl (C=O) groups excluding carboxylic acids is 1. The molecule has 2 aromatic rings. The molecule has 0 saturated heterocycles. The third-order valence-electron chi connectivity index (χ3n) is 3.27. The van der Waals surface area contributed by atoms with E-state index in [1.54, 1.807) is 25.1 Å². The highest BCUT2D eigenvalue weighted by molar-refractivity contribution is 5.91. The number of anilines is 1. The zero-order valence-electron chi connectivity index (χ0n) is 13.6. The van der Waals surface area contributed by atoms with Crippen molar-refractivity contribution < 1.29 is 14.6 Å². The van der Waals surface area contributed by atoms with Crippen molar-refractivity contribution in [2.75, 3.05) is 12.3 Å². The molecule has 0 saturated carbocycles. The van der Waals surface area contributed by atoms with Crippen molar-refractivity contribution in [3.63, 3.8) is 0 Å². The number of hydrogen-bond donors (Lipinski definition) is 3. The van der Waals surface area contributed by atoms with Crippen LogP contribution in [-0.2, 0) is 11.4 Å². The highest BCUT2D eigenvalue weighted by Crippen LogP contribution is 2.24. The summed E-state index contributed by atoms with van der Waals surface area (Å²) in [6.45, 7) is 2.28. The molecule has 0 heterocycles. The number of carbonyl (C=O) groups is 1. The van der Waals surface area contributed by atoms with E-state index in [1.165, 1.54) is 6.08 Å². The van der Waals surface area contributed by atoms with E-state index in [4.69, 9.17) is 15.6 Å². The van der Waals surface area contributed by atoms with E-state index in [1.807, 2.05) is 36.4 Å². The second-order valence-corrected chi connectivity index (χ2v) is 5.50. The normalized spacial score (nSPS) is 12.1. The van der Waals surface area contributed by atoms with Crippen molar-refractivity contribution in [3.8, 4) is 5.75 Å². The van der Waals surface area contributed by atoms with Crippen LogP contribution in [0.15, 0.2) is 54.6 Å². The smallest absolute Gasteiger partial charge is 0.244 e. The SMILES string of the molecule is CC(O)CNC(=O)/C=C\c1ccc(OCc2ccccc2)c(N)c1. The highest BCUT2D eigenvalue weighted by atomic mass is 16.5. The Morgan fingerprint density at radius 1 is 1.29 bits per heavy atom. The van der Waals surface area contributed by atoms with E-state index in [-0.39, 0.29) is 12.5 Å². The molecule has 4 N–H and O–H groups in total. The van der Waals surface area contributed by atoms with Gasteiger partial charge in [0.1, 0.15) is 12.4 Å². The van der Waals surface area contributed by atoms with Gasteiger partial charge in [0.25, 0.3) is 0 Å². The largest absolute Gasteiger partial charge is 0.487 e. The van der Waals surface area contributed by atoms with Gasteiger partial charge in [-0.2, -0.15) is 0 Å². The first-order chi connectivity index (χ1) is 11.5. The van der Waals surface area contributed by atoms with Crippen LogP contribution in [-0.4, -0.2) is 23.7 Å². The summed E-state index contributed by atoms with van der Waals surface area (Å²) in [5, 5.41) is 11.7. The van der Waals surface area contributed by atoms with Gasteiger partial charge in [-0.15, -0.1) is 0 Å². The Kier molecular flexibility index (Phi) is 6.40. The van der Waals surface area contributed by atoms with Gasteiger partial charge in [0.2, 0.25) is 5.91 Å². The Balaban J connectivity index is 1.93. The lowest BCUT2D eigenvalue weighted by atomic mass is 10.1. The first-order valence-corrected chi connectivity index (χ1v) is 7.75. The topological polar surface area (TPSA) is 84.6 Å². The van der Waals surface area contributed by atoms with Gasteiger partial charge in [-0.3, -0.25) is 4.79 Å². The second kappa shape index (κ2) is 8.74. The van der Waals surface area contributed by atoms with Crippen molar-refractivity contribution >= 4 is 17.7 Å². The van der Waals surface area contributed by atoms with Crippen molar-refractivity contribution in [3.05, 3.63) is 65.7 Å². The number of aliphatic hydroxyl groups excluding tert-OH is 1. The highest BCUT2D eigenvalue weighted by Gasteiger charge is 2.03. The fourth-order valence-corrected chi connectivity index (χ4v) is 2.02. The third-order valence-corrected chi connectivity index (χ3v) is 3.27. The molecule has 0 aliphatic carbocycles. The van der Waals surface area contributed by atoms with Crippen LogP contribution in [0, 0.1) is 0 Å². The molecule has 0 aliphatic heterocycles. The third kappa shape index (κ3) is 5.78. The Bertz CT molecular complexity index is 697. The van der Waals surface area contributed by atoms with Crippen molar-refractivity contribution in [1.82, 2.24) is 5.32 Å². The molecule has 126 valence electrons. The average molecular weight is 326 g/mol. The Morgan fingerprint density at radius 2 is 2.04 bits per heavy atom. The number of benzene rings is 2. The van der Waals surface area contributed by atoms with Gasteiger partial charge in [-0.05, 0) is 36.3 Å². The molecule has 1 unspecified atom stereocenters. The van der Waals surface area contributed by atoms with E-state index in [2.05, 4.69) is 5.32 Å². The van der Waals surface area contributed by atoms with Gasteiger partial charge >= 0.3 is 0 Å². The van der Waals surface area contributed by atoms with Gasteiger partial charge in [0.05, 0.1) is 11.8 Å². The fourth-order valence-electron chi connectivity index (χ4n) is 2.02. The Morgan fingerprint density at radius 3 is 2.71 bits per heavy atom. The molecular weight excluding hydrogens is 304 g/mol. The molecule has 5 heteroatoms. The second-order valence-electron chi connectivity index (χ2n) is 5.50. The number of nitrogens with one attached hydrogen (secondary N) is 1. The van der Waals surface area contributed by atoms with Crippen molar-refractivity contribution in [2.45, 2.75) is 19.6 Å². The summed E-state index contributed by atoms with van der Waals surface area (Å²) >= 11 is 0. The molecule has 5 nitrogen and oxygen atoms in total. The summed E-state index contributed by atoms with van der Waals surface area (Å²) in [5.41, 5.74) is 8.37. The molecule has 0 spiro atoms. The minimum Gasteiger partial charge on any atom is -0.487 e. The van der Waals surface area contributed by atoms with Crippen LogP contribution >= 0.6 is 0 Å². The molecule has 2 rings (SSSR count). The predicted octanol–water partition coefficient (Wildman–Crippen LogP) is 2.36. The number of hydrogen-bond acceptors (Lipinski definition) is 4. The van der Waals surface area contributed by atoms with E-state index < -0.39 is 6.10 Å². The Labute approximate surface area is 141 Å². The lowest BCUT2D eigenvalue weighted by molar-refractivity contribution is -0.116. The number of aliphatic hydroxyl groups is 1. The molecular formula is C19H22N2O3. The molecule has 24 heavy (non-hydrogen) atoms. The Hall–Kier alpha value is -2.79. The van der Waals surface area contributed by atoms with E-state index in [9.17, 15) is 4.79 Å². The van der Waals surface area contributed by atoms with Crippen LogP contribution in [0.25, 0.3) is 6.08 Å². The van der Waals surface area contributed by atoms with Gasteiger partial charge in [-0.25, -0.2) is 0 Å². The minimum atomic E-state index is -0.570. The van der Waals surface area contributed by atoms with Crippen LogP contribution in [0.5, 0.6) is 5.75 Å². The number of rotatable bonds is 7. The average Bonchev–Trinajstić information content (AvgIpc) is 2.58. The van der Waals surface area contributed by atoms with Crippen LogP contribution in [0.3, 0.4) is 0 Å². The van der Waals surface area contributed by atoms with E-state index in [0.717, 1.165) is 11.1 Å². The standard InChI is InChI=1S/C19H22N2O3/c1-14(22)12-21-19(23)10-8-15-7-9-18(17(20)11-15)24-13-16-5-3-2-4-6-16/h2-11,14,22H,12-13,20H2,1H3,(H,21,23)/b10-8-. The van der Waals surface area contributed by atoms with Gasteiger partial charge < -0.3 is 20.9 Å². The molecule has 1 amide bonds. The zero-order valence-corrected chi connectivity index (χ0v) is 13.6. The van der Waals surface area contributed by atoms with Gasteiger partial charge in [0.15, 0.2) is 0 Å². The predicted molar refractivity (Wildman–Crippen MR) is 95.4 cm³/mol. The minimum absolute atomic E-state index is 0.220. The van der Waals surface area contributed by atoms with E-state index >= 15 is 0 Å². The molecule has 1 atom stereocenters. The monoisotopic (exact) mass is 326 g/mol. The fraction of sp³-hybridized carbons (Fsp3) is 0.211. The zero-order chi connectivity index (χ0) is 17.4. The molecule has 0 fully saturated rings. The molecule has 0 radical (unpaired) electrons. The molecule has 0 aromatic heterocycles. The summed E-state index contributed by atoms with van der Waals surface area (Å²) < 4.78 is 5.71. The van der Waals surface area contributed by atoms with Gasteiger partial charge in [0, 0.05) is 12.6 Å². The molecule has 0 aliphatic rings. The maximum absolute atomic E-state index is 11.6.